The molecule has 0 radical (unpaired) electrons. The van der Waals surface area contributed by atoms with Gasteiger partial charge in [0.2, 0.25) is 0 Å². The van der Waals surface area contributed by atoms with Gasteiger partial charge in [0, 0.05) is 36.6 Å². The first-order chi connectivity index (χ1) is 13.5. The summed E-state index contributed by atoms with van der Waals surface area (Å²) in [5, 5.41) is 3.73. The molecule has 1 amide bonds. The molecule has 0 unspecified atom stereocenters. The molecule has 146 valence electrons. The molecule has 0 saturated carbocycles. The van der Waals surface area contributed by atoms with Crippen molar-refractivity contribution in [2.45, 2.75) is 32.3 Å². The zero-order chi connectivity index (χ0) is 20.1. The molecule has 0 saturated heterocycles. The lowest BCUT2D eigenvalue weighted by Crippen LogP contribution is -2.38. The molecule has 0 aliphatic carbocycles. The highest BCUT2D eigenvalue weighted by molar-refractivity contribution is 6.05. The lowest BCUT2D eigenvalue weighted by molar-refractivity contribution is -0.129. The van der Waals surface area contributed by atoms with Gasteiger partial charge in [-0.3, -0.25) is 4.79 Å². The highest BCUT2D eigenvalue weighted by Crippen LogP contribution is 2.22. The van der Waals surface area contributed by atoms with Gasteiger partial charge in [-0.15, -0.1) is 0 Å². The normalized spacial score (nSPS) is 13.1. The van der Waals surface area contributed by atoms with Crippen LogP contribution in [0, 0.1) is 0 Å². The van der Waals surface area contributed by atoms with Crippen molar-refractivity contribution in [3.63, 3.8) is 0 Å². The van der Waals surface area contributed by atoms with Gasteiger partial charge in [0.15, 0.2) is 6.10 Å². The molecule has 28 heavy (non-hydrogen) atoms. The van der Waals surface area contributed by atoms with Crippen molar-refractivity contribution in [3.05, 3.63) is 71.9 Å². The van der Waals surface area contributed by atoms with Crippen LogP contribution < -0.4 is 5.32 Å². The summed E-state index contributed by atoms with van der Waals surface area (Å²) in [5.41, 5.74) is 2.60. The number of aromatic nitrogens is 1. The summed E-state index contributed by atoms with van der Waals surface area (Å²) in [4.78, 5) is 25.0. The summed E-state index contributed by atoms with van der Waals surface area (Å²) in [6, 6.07) is 17.7. The number of nitrogens with one attached hydrogen (secondary N) is 1. The second kappa shape index (κ2) is 8.74. The summed E-state index contributed by atoms with van der Waals surface area (Å²) >= 11 is 0. The third-order valence-corrected chi connectivity index (χ3v) is 5.06. The van der Waals surface area contributed by atoms with Gasteiger partial charge in [-0.2, -0.15) is 0 Å². The van der Waals surface area contributed by atoms with E-state index in [1.807, 2.05) is 54.1 Å². The van der Waals surface area contributed by atoms with Gasteiger partial charge >= 0.3 is 5.97 Å². The number of nitrogens with zero attached hydrogens (tertiary/aromatic N) is 1. The Kier molecular flexibility index (Phi) is 6.14. The minimum atomic E-state index is -0.861. The van der Waals surface area contributed by atoms with E-state index in [-0.39, 0.29) is 11.8 Å². The number of benzene rings is 2. The van der Waals surface area contributed by atoms with Crippen LogP contribution in [0.2, 0.25) is 0 Å². The van der Waals surface area contributed by atoms with Crippen molar-refractivity contribution in [1.29, 1.82) is 0 Å². The van der Waals surface area contributed by atoms with Crippen molar-refractivity contribution in [2.24, 2.45) is 7.05 Å². The SMILES string of the molecule is CC[C@H](CNC(=O)[C@H](C)OC(=O)c1cn(C)c2ccccc12)c1ccccc1. The van der Waals surface area contributed by atoms with Gasteiger partial charge in [0.1, 0.15) is 0 Å². The van der Waals surface area contributed by atoms with Crippen LogP contribution in [0.1, 0.15) is 42.1 Å². The second-order valence-electron chi connectivity index (χ2n) is 6.98. The quantitative estimate of drug-likeness (QED) is 0.632. The summed E-state index contributed by atoms with van der Waals surface area (Å²) in [5.74, 6) is -0.552. The summed E-state index contributed by atoms with van der Waals surface area (Å²) in [6.07, 6.45) is 1.79. The van der Waals surface area contributed by atoms with Crippen molar-refractivity contribution >= 4 is 22.8 Å². The first-order valence-corrected chi connectivity index (χ1v) is 9.59. The zero-order valence-corrected chi connectivity index (χ0v) is 16.5. The molecule has 1 N–H and O–H groups in total. The Balaban J connectivity index is 1.61. The van der Waals surface area contributed by atoms with Crippen LogP contribution in [-0.4, -0.2) is 29.1 Å². The Hall–Kier alpha value is -3.08. The molecular weight excluding hydrogens is 352 g/mol. The van der Waals surface area contributed by atoms with Crippen molar-refractivity contribution in [1.82, 2.24) is 9.88 Å². The first kappa shape index (κ1) is 19.7. The number of aryl methyl sites for hydroxylation is 1. The van der Waals surface area contributed by atoms with Gasteiger partial charge < -0.3 is 14.6 Å². The average Bonchev–Trinajstić information content (AvgIpc) is 3.06. The maximum absolute atomic E-state index is 12.6. The van der Waals surface area contributed by atoms with Crippen LogP contribution in [0.4, 0.5) is 0 Å². The predicted octanol–water partition coefficient (Wildman–Crippen LogP) is 4.03. The number of amides is 1. The molecule has 5 heteroatoms. The van der Waals surface area contributed by atoms with E-state index < -0.39 is 12.1 Å². The van der Waals surface area contributed by atoms with Crippen LogP contribution in [0.25, 0.3) is 10.9 Å². The minimum absolute atomic E-state index is 0.228. The third kappa shape index (κ3) is 4.25. The number of para-hydroxylation sites is 1. The topological polar surface area (TPSA) is 60.3 Å². The molecule has 5 nitrogen and oxygen atoms in total. The zero-order valence-electron chi connectivity index (χ0n) is 16.5. The lowest BCUT2D eigenvalue weighted by atomic mass is 9.96. The van der Waals surface area contributed by atoms with Crippen LogP contribution in [0.15, 0.2) is 60.8 Å². The Morgan fingerprint density at radius 1 is 1.07 bits per heavy atom. The molecule has 2 atom stereocenters. The minimum Gasteiger partial charge on any atom is -0.449 e. The number of carbonyl (C=O) groups is 2. The average molecular weight is 378 g/mol. The number of hydrogen-bond acceptors (Lipinski definition) is 3. The van der Waals surface area contributed by atoms with Gasteiger partial charge in [-0.1, -0.05) is 55.5 Å². The highest BCUT2D eigenvalue weighted by atomic mass is 16.5. The molecule has 0 spiro atoms. The van der Waals surface area contributed by atoms with Gasteiger partial charge in [-0.25, -0.2) is 4.79 Å². The number of rotatable bonds is 7. The maximum Gasteiger partial charge on any atom is 0.341 e. The molecule has 0 aliphatic heterocycles. The molecule has 1 heterocycles. The molecular formula is C23H26N2O3. The largest absolute Gasteiger partial charge is 0.449 e. The number of esters is 1. The fourth-order valence-corrected chi connectivity index (χ4v) is 3.37. The Morgan fingerprint density at radius 3 is 2.46 bits per heavy atom. The van der Waals surface area contributed by atoms with Crippen LogP contribution in [-0.2, 0) is 16.6 Å². The fraction of sp³-hybridized carbons (Fsp3) is 0.304. The Morgan fingerprint density at radius 2 is 1.75 bits per heavy atom. The number of ether oxygens (including phenoxy) is 1. The third-order valence-electron chi connectivity index (χ3n) is 5.06. The van der Waals surface area contributed by atoms with Gasteiger partial charge in [0.25, 0.3) is 5.91 Å². The van der Waals surface area contributed by atoms with E-state index in [0.29, 0.717) is 12.1 Å². The maximum atomic E-state index is 12.6. The fourth-order valence-electron chi connectivity index (χ4n) is 3.37. The van der Waals surface area contributed by atoms with Crippen molar-refractivity contribution in [2.75, 3.05) is 6.54 Å². The molecule has 0 fully saturated rings. The van der Waals surface area contributed by atoms with E-state index in [1.165, 1.54) is 5.56 Å². The smallest absolute Gasteiger partial charge is 0.341 e. The second-order valence-corrected chi connectivity index (χ2v) is 6.98. The monoisotopic (exact) mass is 378 g/mol. The molecule has 2 aromatic carbocycles. The van der Waals surface area contributed by atoms with Gasteiger partial charge in [0.05, 0.1) is 5.56 Å². The van der Waals surface area contributed by atoms with E-state index in [4.69, 9.17) is 4.74 Å². The molecule has 0 bridgehead atoms. The van der Waals surface area contributed by atoms with Crippen molar-refractivity contribution in [3.8, 4) is 0 Å². The first-order valence-electron chi connectivity index (χ1n) is 9.59. The molecule has 3 rings (SSSR count). The highest BCUT2D eigenvalue weighted by Gasteiger charge is 2.22. The predicted molar refractivity (Wildman–Crippen MR) is 110 cm³/mol. The van der Waals surface area contributed by atoms with Crippen LogP contribution in [0.3, 0.4) is 0 Å². The Bertz CT molecular complexity index is 962. The lowest BCUT2D eigenvalue weighted by Gasteiger charge is -2.18. The van der Waals surface area contributed by atoms with Crippen molar-refractivity contribution < 1.29 is 14.3 Å². The van der Waals surface area contributed by atoms with E-state index in [9.17, 15) is 9.59 Å². The van der Waals surface area contributed by atoms with E-state index in [1.54, 1.807) is 13.1 Å². The summed E-state index contributed by atoms with van der Waals surface area (Å²) in [6.45, 7) is 4.20. The molecule has 1 aromatic heterocycles. The Labute approximate surface area is 165 Å². The van der Waals surface area contributed by atoms with Crippen LogP contribution >= 0.6 is 0 Å². The van der Waals surface area contributed by atoms with E-state index >= 15 is 0 Å². The molecule has 3 aromatic rings. The van der Waals surface area contributed by atoms with E-state index in [0.717, 1.165) is 17.3 Å². The molecule has 0 aliphatic rings. The number of carbonyl (C=O) groups excluding carboxylic acids is 2. The van der Waals surface area contributed by atoms with Crippen LogP contribution in [0.5, 0.6) is 0 Å². The summed E-state index contributed by atoms with van der Waals surface area (Å²) in [7, 11) is 1.88. The summed E-state index contributed by atoms with van der Waals surface area (Å²) < 4.78 is 7.30. The van der Waals surface area contributed by atoms with Gasteiger partial charge in [-0.05, 0) is 25.0 Å². The standard InChI is InChI=1S/C23H26N2O3/c1-4-17(18-10-6-5-7-11-18)14-24-22(26)16(2)28-23(27)20-15-25(3)21-13-9-8-12-19(20)21/h5-13,15-17H,4,14H2,1-3H3,(H,24,26)/t16-,17+/m0/s1. The number of fused-ring (bicyclic) bond motifs is 1. The number of hydrogen-bond donors (Lipinski definition) is 1. The van der Waals surface area contributed by atoms with E-state index in [2.05, 4.69) is 24.4 Å².